The number of hydrogen-bond acceptors (Lipinski definition) is 5. The maximum atomic E-state index is 9.43. The summed E-state index contributed by atoms with van der Waals surface area (Å²) in [6.45, 7) is 4.58. The van der Waals surface area contributed by atoms with Crippen LogP contribution in [0.3, 0.4) is 0 Å². The van der Waals surface area contributed by atoms with Crippen LogP contribution in [0.15, 0.2) is 6.33 Å². The molecule has 2 unspecified atom stereocenters. The molecule has 1 aromatic heterocycles. The van der Waals surface area contributed by atoms with Crippen LogP contribution < -0.4 is 0 Å². The van der Waals surface area contributed by atoms with Gasteiger partial charge in [-0.25, -0.2) is 9.67 Å². The Balaban J connectivity index is 1.96. The minimum Gasteiger partial charge on any atom is -0.389 e. The average molecular weight is 226 g/mol. The Morgan fingerprint density at radius 3 is 2.69 bits per heavy atom. The lowest BCUT2D eigenvalue weighted by Gasteiger charge is -2.14. The highest BCUT2D eigenvalue weighted by atomic mass is 16.3. The highest BCUT2D eigenvalue weighted by Gasteiger charge is 2.30. The third-order valence-electron chi connectivity index (χ3n) is 2.83. The number of hydrogen-bond donors (Lipinski definition) is 2. The summed E-state index contributed by atoms with van der Waals surface area (Å²) in [5, 5.41) is 23.0. The van der Waals surface area contributed by atoms with Crippen molar-refractivity contribution in [1.29, 1.82) is 0 Å². The molecule has 1 fully saturated rings. The van der Waals surface area contributed by atoms with Gasteiger partial charge in [0.05, 0.1) is 18.8 Å². The molecule has 0 bridgehead atoms. The minimum absolute atomic E-state index is 0.500. The first-order valence-corrected chi connectivity index (χ1v) is 5.66. The number of aliphatic hydroxyl groups is 2. The quantitative estimate of drug-likeness (QED) is 0.705. The van der Waals surface area contributed by atoms with Gasteiger partial charge in [0.15, 0.2) is 0 Å². The molecule has 2 heterocycles. The van der Waals surface area contributed by atoms with Gasteiger partial charge in [0.1, 0.15) is 12.2 Å². The maximum Gasteiger partial charge on any atom is 0.141 e. The van der Waals surface area contributed by atoms with Crippen LogP contribution in [0, 0.1) is 0 Å². The molecule has 0 saturated carbocycles. The summed E-state index contributed by atoms with van der Waals surface area (Å²) in [6.07, 6.45) is 1.29. The number of rotatable bonds is 4. The van der Waals surface area contributed by atoms with E-state index in [1.54, 1.807) is 6.33 Å². The van der Waals surface area contributed by atoms with Crippen LogP contribution in [-0.4, -0.2) is 55.2 Å². The van der Waals surface area contributed by atoms with Crippen molar-refractivity contribution >= 4 is 0 Å². The lowest BCUT2D eigenvalue weighted by atomic mass is 10.3. The van der Waals surface area contributed by atoms with Crippen LogP contribution in [0.25, 0.3) is 0 Å². The van der Waals surface area contributed by atoms with Crippen molar-refractivity contribution < 1.29 is 10.2 Å². The molecule has 2 rings (SSSR count). The molecule has 90 valence electrons. The zero-order valence-corrected chi connectivity index (χ0v) is 9.45. The summed E-state index contributed by atoms with van der Waals surface area (Å²) in [4.78, 5) is 6.19. The van der Waals surface area contributed by atoms with E-state index in [1.165, 1.54) is 0 Å². The molecule has 6 nitrogen and oxygen atoms in total. The van der Waals surface area contributed by atoms with Crippen LogP contribution in [0.1, 0.15) is 19.2 Å². The average Bonchev–Trinajstić information content (AvgIpc) is 2.77. The third kappa shape index (κ3) is 2.40. The van der Waals surface area contributed by atoms with E-state index in [0.717, 1.165) is 18.8 Å². The lowest BCUT2D eigenvalue weighted by molar-refractivity contribution is 0.0572. The standard InChI is InChI=1S/C10H18N4O2/c1-2-3-14-10(11-7-12-14)6-13-4-8(15)9(16)5-13/h7-9,15-16H,2-6H2,1H3. The Hall–Kier alpha value is -0.980. The normalized spacial score (nSPS) is 26.4. The Morgan fingerprint density at radius 1 is 1.38 bits per heavy atom. The first-order chi connectivity index (χ1) is 7.70. The van der Waals surface area contributed by atoms with E-state index in [9.17, 15) is 10.2 Å². The van der Waals surface area contributed by atoms with Crippen LogP contribution in [-0.2, 0) is 13.1 Å². The molecule has 0 radical (unpaired) electrons. The molecule has 0 aliphatic carbocycles. The summed E-state index contributed by atoms with van der Waals surface area (Å²) < 4.78 is 1.87. The SMILES string of the molecule is CCCn1ncnc1CN1CC(O)C(O)C1. The van der Waals surface area contributed by atoms with Gasteiger partial charge in [0.25, 0.3) is 0 Å². The van der Waals surface area contributed by atoms with Crippen molar-refractivity contribution in [3.8, 4) is 0 Å². The Morgan fingerprint density at radius 2 is 2.06 bits per heavy atom. The topological polar surface area (TPSA) is 74.4 Å². The van der Waals surface area contributed by atoms with Gasteiger partial charge < -0.3 is 10.2 Å². The van der Waals surface area contributed by atoms with Gasteiger partial charge in [-0.05, 0) is 6.42 Å². The number of aryl methyl sites for hydroxylation is 1. The van der Waals surface area contributed by atoms with Crippen molar-refractivity contribution in [2.24, 2.45) is 0 Å². The Bertz CT molecular complexity index is 331. The predicted octanol–water partition coefficient (Wildman–Crippen LogP) is -0.775. The van der Waals surface area contributed by atoms with Crippen LogP contribution in [0.4, 0.5) is 0 Å². The molecule has 2 atom stereocenters. The van der Waals surface area contributed by atoms with Gasteiger partial charge in [0.2, 0.25) is 0 Å². The number of likely N-dealkylation sites (tertiary alicyclic amines) is 1. The van der Waals surface area contributed by atoms with Crippen molar-refractivity contribution in [1.82, 2.24) is 19.7 Å². The molecule has 0 spiro atoms. The predicted molar refractivity (Wildman–Crippen MR) is 57.6 cm³/mol. The monoisotopic (exact) mass is 226 g/mol. The second-order valence-electron chi connectivity index (χ2n) is 4.23. The molecule has 1 aromatic rings. The molecule has 0 aromatic carbocycles. The third-order valence-corrected chi connectivity index (χ3v) is 2.83. The van der Waals surface area contributed by atoms with Crippen LogP contribution in [0.5, 0.6) is 0 Å². The number of aromatic nitrogens is 3. The van der Waals surface area contributed by atoms with E-state index >= 15 is 0 Å². The van der Waals surface area contributed by atoms with Gasteiger partial charge >= 0.3 is 0 Å². The number of β-amino-alcohol motifs (C(OH)–C–C–N with tert-alkyl or cyclic N) is 2. The smallest absolute Gasteiger partial charge is 0.141 e. The van der Waals surface area contributed by atoms with Gasteiger partial charge in [-0.1, -0.05) is 6.92 Å². The zero-order valence-electron chi connectivity index (χ0n) is 9.45. The summed E-state index contributed by atoms with van der Waals surface area (Å²) in [5.41, 5.74) is 0. The molecule has 0 amide bonds. The highest BCUT2D eigenvalue weighted by Crippen LogP contribution is 2.12. The van der Waals surface area contributed by atoms with Gasteiger partial charge in [0, 0.05) is 19.6 Å². The lowest BCUT2D eigenvalue weighted by Crippen LogP contribution is -2.24. The first kappa shape index (κ1) is 11.5. The zero-order chi connectivity index (χ0) is 11.5. The van der Waals surface area contributed by atoms with Gasteiger partial charge in [-0.3, -0.25) is 4.90 Å². The van der Waals surface area contributed by atoms with Crippen molar-refractivity contribution in [2.45, 2.75) is 38.6 Å². The fraction of sp³-hybridized carbons (Fsp3) is 0.800. The van der Waals surface area contributed by atoms with Crippen LogP contribution in [0.2, 0.25) is 0 Å². The van der Waals surface area contributed by atoms with E-state index in [-0.39, 0.29) is 0 Å². The largest absolute Gasteiger partial charge is 0.389 e. The van der Waals surface area contributed by atoms with E-state index in [4.69, 9.17) is 0 Å². The number of nitrogens with zero attached hydrogens (tertiary/aromatic N) is 4. The fourth-order valence-corrected chi connectivity index (χ4v) is 1.99. The molecular weight excluding hydrogens is 208 g/mol. The Labute approximate surface area is 94.5 Å². The van der Waals surface area contributed by atoms with Crippen molar-refractivity contribution in [2.75, 3.05) is 13.1 Å². The molecule has 1 saturated heterocycles. The van der Waals surface area contributed by atoms with Crippen molar-refractivity contribution in [3.05, 3.63) is 12.2 Å². The van der Waals surface area contributed by atoms with Gasteiger partial charge in [-0.15, -0.1) is 0 Å². The molecule has 16 heavy (non-hydrogen) atoms. The Kier molecular flexibility index (Phi) is 3.52. The van der Waals surface area contributed by atoms with E-state index in [2.05, 4.69) is 17.0 Å². The van der Waals surface area contributed by atoms with Crippen LogP contribution >= 0.6 is 0 Å². The van der Waals surface area contributed by atoms with E-state index < -0.39 is 12.2 Å². The molecular formula is C10H18N4O2. The van der Waals surface area contributed by atoms with E-state index in [1.807, 2.05) is 9.58 Å². The summed E-state index contributed by atoms with van der Waals surface area (Å²) >= 11 is 0. The number of aliphatic hydroxyl groups excluding tert-OH is 2. The molecule has 1 aliphatic heterocycles. The maximum absolute atomic E-state index is 9.43. The molecule has 6 heteroatoms. The first-order valence-electron chi connectivity index (χ1n) is 5.66. The summed E-state index contributed by atoms with van der Waals surface area (Å²) in [6, 6.07) is 0. The second kappa shape index (κ2) is 4.90. The van der Waals surface area contributed by atoms with Crippen molar-refractivity contribution in [3.63, 3.8) is 0 Å². The molecule has 1 aliphatic rings. The summed E-state index contributed by atoms with van der Waals surface area (Å²) in [5.74, 6) is 0.892. The summed E-state index contributed by atoms with van der Waals surface area (Å²) in [7, 11) is 0. The second-order valence-corrected chi connectivity index (χ2v) is 4.23. The molecule has 2 N–H and O–H groups in total. The van der Waals surface area contributed by atoms with E-state index in [0.29, 0.717) is 19.6 Å². The minimum atomic E-state index is -0.637. The fourth-order valence-electron chi connectivity index (χ4n) is 1.99. The van der Waals surface area contributed by atoms with Gasteiger partial charge in [-0.2, -0.15) is 5.10 Å². The highest BCUT2D eigenvalue weighted by molar-refractivity contribution is 4.90.